The smallest absolute Gasteiger partial charge is 0.325 e. The molecule has 11 heteroatoms. The third kappa shape index (κ3) is 4.69. The summed E-state index contributed by atoms with van der Waals surface area (Å²) in [5, 5.41) is 24.1. The third-order valence-corrected chi connectivity index (χ3v) is 5.51. The van der Waals surface area contributed by atoms with Crippen LogP contribution in [0.4, 0.5) is 15.6 Å². The quantitative estimate of drug-likeness (QED) is 0.369. The standard InChI is InChI=1S/C20H13Cl2N5O3S/c21-12-9-14(16(28)15(22)10-12)17-25-26-20(31-17)24-19(30)23-13-5-3-11(4-6-13)18(29)27-7-1-2-8-27/h1-10,28H,(H2,23,24,26,30). The van der Waals surface area contributed by atoms with Crippen molar-refractivity contribution >= 4 is 57.3 Å². The van der Waals surface area contributed by atoms with Gasteiger partial charge in [-0.1, -0.05) is 34.5 Å². The number of halogens is 2. The van der Waals surface area contributed by atoms with Crippen molar-refractivity contribution in [2.75, 3.05) is 10.6 Å². The zero-order valence-corrected chi connectivity index (χ0v) is 17.9. The van der Waals surface area contributed by atoms with E-state index in [2.05, 4.69) is 20.8 Å². The number of carbonyl (C=O) groups is 2. The first-order chi connectivity index (χ1) is 14.9. The van der Waals surface area contributed by atoms with Crippen molar-refractivity contribution < 1.29 is 14.7 Å². The Morgan fingerprint density at radius 1 is 1.00 bits per heavy atom. The lowest BCUT2D eigenvalue weighted by molar-refractivity contribution is 0.0960. The van der Waals surface area contributed by atoms with E-state index in [9.17, 15) is 14.7 Å². The largest absolute Gasteiger partial charge is 0.506 e. The molecule has 0 aliphatic rings. The summed E-state index contributed by atoms with van der Waals surface area (Å²) in [7, 11) is 0. The summed E-state index contributed by atoms with van der Waals surface area (Å²) in [4.78, 5) is 24.5. The molecule has 2 heterocycles. The number of amides is 2. The second kappa shape index (κ2) is 8.76. The Balaban J connectivity index is 1.41. The lowest BCUT2D eigenvalue weighted by atomic mass is 10.2. The van der Waals surface area contributed by atoms with Gasteiger partial charge in [0.2, 0.25) is 5.13 Å². The Bertz CT molecular complexity index is 1260. The van der Waals surface area contributed by atoms with E-state index < -0.39 is 6.03 Å². The van der Waals surface area contributed by atoms with Gasteiger partial charge in [-0.25, -0.2) is 4.79 Å². The first-order valence-electron chi connectivity index (χ1n) is 8.78. The number of anilines is 2. The number of hydrogen-bond donors (Lipinski definition) is 3. The first kappa shape index (κ1) is 20.9. The molecule has 8 nitrogen and oxygen atoms in total. The molecule has 0 bridgehead atoms. The van der Waals surface area contributed by atoms with E-state index in [1.807, 2.05) is 0 Å². The molecule has 0 radical (unpaired) electrons. The third-order valence-electron chi connectivity index (χ3n) is 4.13. The number of nitrogens with one attached hydrogen (secondary N) is 2. The number of hydrogen-bond acceptors (Lipinski definition) is 6. The van der Waals surface area contributed by atoms with E-state index in [1.165, 1.54) is 16.7 Å². The number of urea groups is 1. The molecule has 2 aromatic heterocycles. The van der Waals surface area contributed by atoms with E-state index in [1.54, 1.807) is 48.8 Å². The predicted molar refractivity (Wildman–Crippen MR) is 120 cm³/mol. The molecule has 0 aliphatic heterocycles. The zero-order chi connectivity index (χ0) is 22.0. The summed E-state index contributed by atoms with van der Waals surface area (Å²) < 4.78 is 1.47. The van der Waals surface area contributed by atoms with Gasteiger partial charge in [0.15, 0.2) is 5.01 Å². The molecule has 4 rings (SSSR count). The SMILES string of the molecule is O=C(Nc1ccc(C(=O)n2cccc2)cc1)Nc1nnc(-c2cc(Cl)cc(Cl)c2O)s1. The number of phenols is 1. The van der Waals surface area contributed by atoms with Crippen LogP contribution in [0, 0.1) is 0 Å². The maximum atomic E-state index is 12.3. The van der Waals surface area contributed by atoms with Crippen molar-refractivity contribution in [1.82, 2.24) is 14.8 Å². The number of benzene rings is 2. The fraction of sp³-hybridized carbons (Fsp3) is 0. The minimum Gasteiger partial charge on any atom is -0.506 e. The summed E-state index contributed by atoms with van der Waals surface area (Å²) in [6, 6.07) is 12.4. The fourth-order valence-electron chi connectivity index (χ4n) is 2.69. The Kier molecular flexibility index (Phi) is 5.90. The monoisotopic (exact) mass is 473 g/mol. The molecule has 0 atom stereocenters. The average molecular weight is 474 g/mol. The summed E-state index contributed by atoms with van der Waals surface area (Å²) in [5.74, 6) is -0.348. The normalized spacial score (nSPS) is 10.6. The fourth-order valence-corrected chi connectivity index (χ4v) is 3.94. The Morgan fingerprint density at radius 3 is 2.42 bits per heavy atom. The number of carbonyl (C=O) groups excluding carboxylic acids is 2. The highest BCUT2D eigenvalue weighted by atomic mass is 35.5. The van der Waals surface area contributed by atoms with Gasteiger partial charge in [-0.05, 0) is 48.5 Å². The van der Waals surface area contributed by atoms with Crippen molar-refractivity contribution in [2.24, 2.45) is 0 Å². The lowest BCUT2D eigenvalue weighted by Gasteiger charge is -2.06. The minimum atomic E-state index is -0.541. The predicted octanol–water partition coefficient (Wildman–Crippen LogP) is 5.35. The molecule has 3 N–H and O–H groups in total. The van der Waals surface area contributed by atoms with Crippen LogP contribution in [0.25, 0.3) is 10.6 Å². The highest BCUT2D eigenvalue weighted by molar-refractivity contribution is 7.18. The summed E-state index contributed by atoms with van der Waals surface area (Å²) in [6.07, 6.45) is 3.32. The van der Waals surface area contributed by atoms with Crippen LogP contribution in [-0.4, -0.2) is 31.8 Å². The maximum Gasteiger partial charge on any atom is 0.325 e. The van der Waals surface area contributed by atoms with Crippen LogP contribution >= 0.6 is 34.5 Å². The highest BCUT2D eigenvalue weighted by Crippen LogP contribution is 2.39. The summed E-state index contributed by atoms with van der Waals surface area (Å²) >= 11 is 12.9. The van der Waals surface area contributed by atoms with Crippen molar-refractivity contribution in [2.45, 2.75) is 0 Å². The molecule has 2 amide bonds. The van der Waals surface area contributed by atoms with Gasteiger partial charge in [-0.2, -0.15) is 0 Å². The number of aromatic hydroxyl groups is 1. The summed E-state index contributed by atoms with van der Waals surface area (Å²) in [5.41, 5.74) is 1.29. The van der Waals surface area contributed by atoms with Crippen molar-refractivity contribution in [3.63, 3.8) is 0 Å². The van der Waals surface area contributed by atoms with Crippen LogP contribution < -0.4 is 10.6 Å². The first-order valence-corrected chi connectivity index (χ1v) is 10.4. The number of rotatable bonds is 4. The Labute approximate surface area is 190 Å². The minimum absolute atomic E-state index is 0.0867. The Hall–Kier alpha value is -3.40. The molecule has 0 spiro atoms. The van der Waals surface area contributed by atoms with Crippen molar-refractivity contribution in [1.29, 1.82) is 0 Å². The second-order valence-electron chi connectivity index (χ2n) is 6.25. The molecule has 0 aliphatic carbocycles. The van der Waals surface area contributed by atoms with Gasteiger partial charge in [0.1, 0.15) is 5.75 Å². The van der Waals surface area contributed by atoms with Gasteiger partial charge < -0.3 is 10.4 Å². The molecular weight excluding hydrogens is 461 g/mol. The molecule has 31 heavy (non-hydrogen) atoms. The van der Waals surface area contributed by atoms with E-state index in [4.69, 9.17) is 23.2 Å². The molecule has 0 saturated heterocycles. The van der Waals surface area contributed by atoms with Crippen LogP contribution in [0.2, 0.25) is 10.0 Å². The number of nitrogens with zero attached hydrogens (tertiary/aromatic N) is 3. The van der Waals surface area contributed by atoms with E-state index in [0.717, 1.165) is 11.3 Å². The molecular formula is C20H13Cl2N5O3S. The van der Waals surface area contributed by atoms with Crippen LogP contribution in [0.3, 0.4) is 0 Å². The maximum absolute atomic E-state index is 12.3. The van der Waals surface area contributed by atoms with Crippen molar-refractivity contribution in [3.05, 3.63) is 76.5 Å². The molecule has 0 fully saturated rings. The van der Waals surface area contributed by atoms with Gasteiger partial charge in [0, 0.05) is 28.7 Å². The van der Waals surface area contributed by atoms with Crippen LogP contribution in [0.15, 0.2) is 60.9 Å². The van der Waals surface area contributed by atoms with Gasteiger partial charge in [0.25, 0.3) is 5.91 Å². The molecule has 0 unspecified atom stereocenters. The van der Waals surface area contributed by atoms with Gasteiger partial charge in [0.05, 0.1) is 10.6 Å². The molecule has 0 saturated carbocycles. The van der Waals surface area contributed by atoms with Crippen LogP contribution in [-0.2, 0) is 0 Å². The van der Waals surface area contributed by atoms with Gasteiger partial charge in [-0.3, -0.25) is 14.7 Å². The van der Waals surface area contributed by atoms with Gasteiger partial charge >= 0.3 is 6.03 Å². The van der Waals surface area contributed by atoms with Crippen LogP contribution in [0.1, 0.15) is 10.4 Å². The molecule has 4 aromatic rings. The summed E-state index contributed by atoms with van der Waals surface area (Å²) in [6.45, 7) is 0. The topological polar surface area (TPSA) is 109 Å². The number of phenolic OH excluding ortho intramolecular Hbond substituents is 1. The van der Waals surface area contributed by atoms with Gasteiger partial charge in [-0.15, -0.1) is 10.2 Å². The second-order valence-corrected chi connectivity index (χ2v) is 8.07. The van der Waals surface area contributed by atoms with Crippen molar-refractivity contribution in [3.8, 4) is 16.3 Å². The lowest BCUT2D eigenvalue weighted by Crippen LogP contribution is -2.19. The van der Waals surface area contributed by atoms with E-state index in [-0.39, 0.29) is 21.8 Å². The Morgan fingerprint density at radius 2 is 1.71 bits per heavy atom. The van der Waals surface area contributed by atoms with E-state index in [0.29, 0.717) is 26.8 Å². The zero-order valence-electron chi connectivity index (χ0n) is 15.5. The molecule has 156 valence electrons. The van der Waals surface area contributed by atoms with Crippen LogP contribution in [0.5, 0.6) is 5.75 Å². The van der Waals surface area contributed by atoms with E-state index >= 15 is 0 Å². The molecule has 2 aromatic carbocycles. The average Bonchev–Trinajstić information content (AvgIpc) is 3.43. The highest BCUT2D eigenvalue weighted by Gasteiger charge is 2.16. The number of aromatic nitrogens is 3.